The summed E-state index contributed by atoms with van der Waals surface area (Å²) in [7, 11) is 0. The molecule has 21 heavy (non-hydrogen) atoms. The maximum absolute atomic E-state index is 13.5. The highest BCUT2D eigenvalue weighted by atomic mass is 35.5. The van der Waals surface area contributed by atoms with Crippen molar-refractivity contribution in [1.29, 1.82) is 0 Å². The van der Waals surface area contributed by atoms with Gasteiger partial charge in [0, 0.05) is 23.7 Å². The number of nitrogens with one attached hydrogen (secondary N) is 1. The van der Waals surface area contributed by atoms with E-state index < -0.39 is 11.6 Å². The summed E-state index contributed by atoms with van der Waals surface area (Å²) in [6.45, 7) is 0.703. The van der Waals surface area contributed by atoms with Crippen LogP contribution in [0, 0.1) is 11.6 Å². The fourth-order valence-electron chi connectivity index (χ4n) is 1.96. The van der Waals surface area contributed by atoms with Gasteiger partial charge in [-0.2, -0.15) is 0 Å². The average molecular weight is 310 g/mol. The normalized spacial score (nSPS) is 14.2. The molecule has 0 spiro atoms. The van der Waals surface area contributed by atoms with Gasteiger partial charge in [-0.1, -0.05) is 17.7 Å². The second-order valence-electron chi connectivity index (χ2n) is 5.09. The van der Waals surface area contributed by atoms with Crippen LogP contribution in [0.25, 0.3) is 0 Å². The molecule has 1 aliphatic carbocycles. The Labute approximate surface area is 126 Å². The minimum atomic E-state index is -0.745. The molecule has 2 aromatic rings. The van der Waals surface area contributed by atoms with Gasteiger partial charge in [0.2, 0.25) is 0 Å². The standard InChI is InChI=1S/C16H14ClF2NO/c17-14-8-13(5-1-10(14)9-20-12-3-4-12)21-16-6-2-11(18)7-15(16)19/h1-2,5-8,12,20H,3-4,9H2. The van der Waals surface area contributed by atoms with Crippen molar-refractivity contribution in [3.63, 3.8) is 0 Å². The summed E-state index contributed by atoms with van der Waals surface area (Å²) in [5.74, 6) is -0.998. The summed E-state index contributed by atoms with van der Waals surface area (Å²) in [6.07, 6.45) is 2.42. The lowest BCUT2D eigenvalue weighted by atomic mass is 10.2. The number of hydrogen-bond acceptors (Lipinski definition) is 2. The zero-order chi connectivity index (χ0) is 14.8. The second-order valence-corrected chi connectivity index (χ2v) is 5.49. The van der Waals surface area contributed by atoms with E-state index in [1.54, 1.807) is 12.1 Å². The minimum Gasteiger partial charge on any atom is -0.454 e. The van der Waals surface area contributed by atoms with Crippen molar-refractivity contribution in [2.24, 2.45) is 0 Å². The largest absolute Gasteiger partial charge is 0.454 e. The highest BCUT2D eigenvalue weighted by Crippen LogP contribution is 2.29. The van der Waals surface area contributed by atoms with Crippen LogP contribution in [0.1, 0.15) is 18.4 Å². The molecular weight excluding hydrogens is 296 g/mol. The maximum Gasteiger partial charge on any atom is 0.168 e. The number of benzene rings is 2. The van der Waals surface area contributed by atoms with Crippen LogP contribution < -0.4 is 10.1 Å². The molecule has 1 N–H and O–H groups in total. The summed E-state index contributed by atoms with van der Waals surface area (Å²) >= 11 is 6.19. The summed E-state index contributed by atoms with van der Waals surface area (Å²) in [5.41, 5.74) is 0.968. The first kappa shape index (κ1) is 14.3. The van der Waals surface area contributed by atoms with E-state index in [2.05, 4.69) is 5.32 Å². The molecule has 1 aliphatic rings. The molecule has 5 heteroatoms. The van der Waals surface area contributed by atoms with Gasteiger partial charge in [0.1, 0.15) is 11.6 Å². The maximum atomic E-state index is 13.5. The second kappa shape index (κ2) is 6.00. The van der Waals surface area contributed by atoms with Crippen LogP contribution in [0.3, 0.4) is 0 Å². The van der Waals surface area contributed by atoms with Gasteiger partial charge in [-0.05, 0) is 42.7 Å². The SMILES string of the molecule is Fc1ccc(Oc2ccc(CNC3CC3)c(Cl)c2)c(F)c1. The Balaban J connectivity index is 1.71. The van der Waals surface area contributed by atoms with Crippen LogP contribution in [0.4, 0.5) is 8.78 Å². The molecule has 0 bridgehead atoms. The molecule has 3 rings (SSSR count). The van der Waals surface area contributed by atoms with Crippen molar-refractivity contribution in [1.82, 2.24) is 5.32 Å². The lowest BCUT2D eigenvalue weighted by Crippen LogP contribution is -2.15. The molecule has 0 unspecified atom stereocenters. The first-order chi connectivity index (χ1) is 10.1. The molecule has 1 saturated carbocycles. The van der Waals surface area contributed by atoms with Gasteiger partial charge in [-0.3, -0.25) is 0 Å². The van der Waals surface area contributed by atoms with Crippen molar-refractivity contribution >= 4 is 11.6 Å². The Morgan fingerprint density at radius 1 is 1.14 bits per heavy atom. The zero-order valence-corrected chi connectivity index (χ0v) is 12.0. The molecule has 1 fully saturated rings. The summed E-state index contributed by atoms with van der Waals surface area (Å²) in [6, 6.07) is 8.98. The van der Waals surface area contributed by atoms with E-state index in [0.717, 1.165) is 17.7 Å². The van der Waals surface area contributed by atoms with Crippen molar-refractivity contribution in [3.8, 4) is 11.5 Å². The monoisotopic (exact) mass is 309 g/mol. The minimum absolute atomic E-state index is 0.0312. The summed E-state index contributed by atoms with van der Waals surface area (Å²) in [5, 5.41) is 3.93. The number of hydrogen-bond donors (Lipinski definition) is 1. The van der Waals surface area contributed by atoms with Gasteiger partial charge in [0.25, 0.3) is 0 Å². The van der Waals surface area contributed by atoms with E-state index in [-0.39, 0.29) is 5.75 Å². The topological polar surface area (TPSA) is 21.3 Å². The van der Waals surface area contributed by atoms with Crippen molar-refractivity contribution < 1.29 is 13.5 Å². The van der Waals surface area contributed by atoms with Crippen LogP contribution in [0.15, 0.2) is 36.4 Å². The lowest BCUT2D eigenvalue weighted by Gasteiger charge is -2.10. The third-order valence-electron chi connectivity index (χ3n) is 3.30. The third kappa shape index (κ3) is 3.71. The molecule has 0 aromatic heterocycles. The van der Waals surface area contributed by atoms with Crippen molar-refractivity contribution in [2.45, 2.75) is 25.4 Å². The molecule has 0 saturated heterocycles. The Morgan fingerprint density at radius 3 is 2.62 bits per heavy atom. The molecule has 0 heterocycles. The van der Waals surface area contributed by atoms with Crippen LogP contribution >= 0.6 is 11.6 Å². The zero-order valence-electron chi connectivity index (χ0n) is 11.2. The van der Waals surface area contributed by atoms with E-state index in [1.807, 2.05) is 6.07 Å². The van der Waals surface area contributed by atoms with Gasteiger partial charge in [0.15, 0.2) is 11.6 Å². The quantitative estimate of drug-likeness (QED) is 0.867. The number of halogens is 3. The predicted octanol–water partition coefficient (Wildman–Crippen LogP) is 4.66. The van der Waals surface area contributed by atoms with E-state index in [9.17, 15) is 8.78 Å². The fraction of sp³-hybridized carbons (Fsp3) is 0.250. The first-order valence-corrected chi connectivity index (χ1v) is 7.14. The third-order valence-corrected chi connectivity index (χ3v) is 3.66. The average Bonchev–Trinajstić information content (AvgIpc) is 3.25. The molecule has 0 radical (unpaired) electrons. The number of rotatable bonds is 5. The van der Waals surface area contributed by atoms with Gasteiger partial charge in [-0.25, -0.2) is 8.78 Å². The Morgan fingerprint density at radius 2 is 1.95 bits per heavy atom. The summed E-state index contributed by atoms with van der Waals surface area (Å²) < 4.78 is 31.8. The van der Waals surface area contributed by atoms with Gasteiger partial charge >= 0.3 is 0 Å². The smallest absolute Gasteiger partial charge is 0.168 e. The Hall–Kier alpha value is -1.65. The van der Waals surface area contributed by atoms with E-state index in [4.69, 9.17) is 16.3 Å². The van der Waals surface area contributed by atoms with Gasteiger partial charge in [0.05, 0.1) is 0 Å². The van der Waals surface area contributed by atoms with Crippen molar-refractivity contribution in [2.75, 3.05) is 0 Å². The van der Waals surface area contributed by atoms with Crippen molar-refractivity contribution in [3.05, 3.63) is 58.6 Å². The molecule has 0 atom stereocenters. The molecule has 2 aromatic carbocycles. The highest BCUT2D eigenvalue weighted by Gasteiger charge is 2.20. The van der Waals surface area contributed by atoms with Crippen LogP contribution in [0.5, 0.6) is 11.5 Å². The predicted molar refractivity (Wildman–Crippen MR) is 77.7 cm³/mol. The molecule has 0 amide bonds. The van der Waals surface area contributed by atoms with Crippen LogP contribution in [-0.2, 0) is 6.54 Å². The Bertz CT molecular complexity index is 659. The highest BCUT2D eigenvalue weighted by molar-refractivity contribution is 6.31. The molecular formula is C16H14ClF2NO. The van der Waals surface area contributed by atoms with E-state index in [1.165, 1.54) is 18.9 Å². The first-order valence-electron chi connectivity index (χ1n) is 6.76. The Kier molecular flexibility index (Phi) is 4.08. The van der Waals surface area contributed by atoms with Gasteiger partial charge in [-0.15, -0.1) is 0 Å². The number of ether oxygens (including phenoxy) is 1. The van der Waals surface area contributed by atoms with E-state index >= 15 is 0 Å². The molecule has 110 valence electrons. The van der Waals surface area contributed by atoms with Crippen LogP contribution in [-0.4, -0.2) is 6.04 Å². The lowest BCUT2D eigenvalue weighted by molar-refractivity contribution is 0.437. The van der Waals surface area contributed by atoms with Gasteiger partial charge < -0.3 is 10.1 Å². The van der Waals surface area contributed by atoms with Crippen LogP contribution in [0.2, 0.25) is 5.02 Å². The fourth-order valence-corrected chi connectivity index (χ4v) is 2.20. The summed E-state index contributed by atoms with van der Waals surface area (Å²) in [4.78, 5) is 0. The molecule has 2 nitrogen and oxygen atoms in total. The van der Waals surface area contributed by atoms with E-state index in [0.29, 0.717) is 23.4 Å². The molecule has 0 aliphatic heterocycles.